The average Bonchev–Trinajstić information content (AvgIpc) is 3.05. The maximum absolute atomic E-state index is 12.3. The molecule has 3 heterocycles. The van der Waals surface area contributed by atoms with E-state index in [0.717, 1.165) is 24.0 Å². The van der Waals surface area contributed by atoms with Gasteiger partial charge in [-0.15, -0.1) is 11.3 Å². The largest absolute Gasteiger partial charge is 0.339 e. The summed E-state index contributed by atoms with van der Waals surface area (Å²) in [6, 6.07) is 4.54. The normalized spacial score (nSPS) is 20.7. The fourth-order valence-electron chi connectivity index (χ4n) is 2.87. The third-order valence-electron chi connectivity index (χ3n) is 4.14. The van der Waals surface area contributed by atoms with Gasteiger partial charge in [-0.3, -0.25) is 15.1 Å². The van der Waals surface area contributed by atoms with Gasteiger partial charge in [-0.2, -0.15) is 0 Å². The highest BCUT2D eigenvalue weighted by molar-refractivity contribution is 7.17. The summed E-state index contributed by atoms with van der Waals surface area (Å²) in [6.07, 6.45) is 2.79. The van der Waals surface area contributed by atoms with E-state index in [9.17, 15) is 4.79 Å². The molecule has 1 amide bonds. The Kier molecular flexibility index (Phi) is 3.95. The number of carbonyl (C=O) groups is 1. The summed E-state index contributed by atoms with van der Waals surface area (Å²) in [5.41, 5.74) is 2.18. The first-order chi connectivity index (χ1) is 10.1. The number of aromatic nitrogens is 1. The Morgan fingerprint density at radius 1 is 1.43 bits per heavy atom. The predicted octanol–water partition coefficient (Wildman–Crippen LogP) is 2.96. The van der Waals surface area contributed by atoms with E-state index in [4.69, 9.17) is 0 Å². The zero-order chi connectivity index (χ0) is 15.0. The van der Waals surface area contributed by atoms with E-state index in [1.165, 1.54) is 4.70 Å². The van der Waals surface area contributed by atoms with Crippen LogP contribution < -0.4 is 5.32 Å². The topological polar surface area (TPSA) is 45.2 Å². The molecule has 1 aliphatic rings. The summed E-state index contributed by atoms with van der Waals surface area (Å²) >= 11 is 1.70. The molecule has 2 aromatic rings. The van der Waals surface area contributed by atoms with Crippen molar-refractivity contribution in [1.82, 2.24) is 15.2 Å². The first-order valence-corrected chi connectivity index (χ1v) is 8.34. The molecular formula is C16H21N3OS. The summed E-state index contributed by atoms with van der Waals surface area (Å²) in [4.78, 5) is 18.8. The molecule has 21 heavy (non-hydrogen) atoms. The zero-order valence-electron chi connectivity index (χ0n) is 12.7. The van der Waals surface area contributed by atoms with Crippen LogP contribution in [0.2, 0.25) is 0 Å². The highest BCUT2D eigenvalue weighted by Crippen LogP contribution is 2.24. The quantitative estimate of drug-likeness (QED) is 0.944. The van der Waals surface area contributed by atoms with Crippen molar-refractivity contribution in [3.05, 3.63) is 29.3 Å². The number of fused-ring (bicyclic) bond motifs is 1. The molecule has 0 spiro atoms. The van der Waals surface area contributed by atoms with Crippen LogP contribution in [-0.4, -0.2) is 34.4 Å². The van der Waals surface area contributed by atoms with Crippen LogP contribution in [0.15, 0.2) is 23.7 Å². The molecule has 0 bridgehead atoms. The first-order valence-electron chi connectivity index (χ1n) is 7.46. The second-order valence-corrected chi connectivity index (χ2v) is 6.88. The number of carbonyl (C=O) groups excluding carboxylic acids is 1. The van der Waals surface area contributed by atoms with Crippen LogP contribution in [0.1, 0.15) is 38.8 Å². The molecule has 112 valence electrons. The van der Waals surface area contributed by atoms with Gasteiger partial charge < -0.3 is 4.90 Å². The molecule has 1 N–H and O–H groups in total. The first kappa shape index (κ1) is 14.5. The smallest absolute Gasteiger partial charge is 0.240 e. The monoisotopic (exact) mass is 303 g/mol. The van der Waals surface area contributed by atoms with Gasteiger partial charge >= 0.3 is 0 Å². The van der Waals surface area contributed by atoms with Gasteiger partial charge in [0.05, 0.1) is 16.3 Å². The summed E-state index contributed by atoms with van der Waals surface area (Å²) < 4.78 is 1.20. The molecule has 0 saturated carbocycles. The van der Waals surface area contributed by atoms with E-state index in [1.807, 2.05) is 17.2 Å². The SMILES string of the molecule is CC(C)N1CC[C@@H](N[C@H](C)c2cnc3ccsc3c2)C1=O. The molecule has 5 heteroatoms. The number of pyridine rings is 1. The summed E-state index contributed by atoms with van der Waals surface area (Å²) in [6.45, 7) is 7.08. The molecular weight excluding hydrogens is 282 g/mol. The van der Waals surface area contributed by atoms with Crippen molar-refractivity contribution in [1.29, 1.82) is 0 Å². The van der Waals surface area contributed by atoms with Crippen molar-refractivity contribution < 1.29 is 4.79 Å². The van der Waals surface area contributed by atoms with Crippen LogP contribution in [0.25, 0.3) is 10.2 Å². The summed E-state index contributed by atoms with van der Waals surface area (Å²) in [5, 5.41) is 5.52. The van der Waals surface area contributed by atoms with Crippen molar-refractivity contribution in [2.45, 2.75) is 45.3 Å². The molecule has 1 saturated heterocycles. The van der Waals surface area contributed by atoms with Crippen LogP contribution in [-0.2, 0) is 4.79 Å². The van der Waals surface area contributed by atoms with Gasteiger partial charge in [0.1, 0.15) is 0 Å². The van der Waals surface area contributed by atoms with Gasteiger partial charge in [0.2, 0.25) is 5.91 Å². The maximum atomic E-state index is 12.3. The zero-order valence-corrected chi connectivity index (χ0v) is 13.5. The molecule has 2 aromatic heterocycles. The third kappa shape index (κ3) is 2.80. The van der Waals surface area contributed by atoms with Crippen LogP contribution in [0.3, 0.4) is 0 Å². The van der Waals surface area contributed by atoms with E-state index in [2.05, 4.69) is 42.5 Å². The van der Waals surface area contributed by atoms with Crippen molar-refractivity contribution in [3.63, 3.8) is 0 Å². The number of amides is 1. The lowest BCUT2D eigenvalue weighted by Gasteiger charge is -2.22. The molecule has 0 aromatic carbocycles. The Hall–Kier alpha value is -1.46. The second-order valence-electron chi connectivity index (χ2n) is 5.93. The minimum atomic E-state index is -0.0681. The molecule has 2 atom stereocenters. The van der Waals surface area contributed by atoms with Gasteiger partial charge in [-0.25, -0.2) is 0 Å². The molecule has 3 rings (SSSR count). The van der Waals surface area contributed by atoms with Crippen molar-refractivity contribution in [2.24, 2.45) is 0 Å². The highest BCUT2D eigenvalue weighted by Gasteiger charge is 2.33. The van der Waals surface area contributed by atoms with Gasteiger partial charge in [0, 0.05) is 24.8 Å². The molecule has 0 radical (unpaired) electrons. The Morgan fingerprint density at radius 3 is 2.95 bits per heavy atom. The summed E-state index contributed by atoms with van der Waals surface area (Å²) in [5.74, 6) is 0.224. The molecule has 4 nitrogen and oxygen atoms in total. The Bertz CT molecular complexity index is 652. The van der Waals surface area contributed by atoms with E-state index >= 15 is 0 Å². The van der Waals surface area contributed by atoms with Crippen molar-refractivity contribution in [3.8, 4) is 0 Å². The minimum Gasteiger partial charge on any atom is -0.339 e. The molecule has 0 aliphatic carbocycles. The van der Waals surface area contributed by atoms with Gasteiger partial charge in [0.25, 0.3) is 0 Å². The van der Waals surface area contributed by atoms with E-state index in [-0.39, 0.29) is 24.0 Å². The lowest BCUT2D eigenvalue weighted by molar-refractivity contribution is -0.130. The number of hydrogen-bond donors (Lipinski definition) is 1. The Labute approximate surface area is 129 Å². The number of likely N-dealkylation sites (tertiary alicyclic amines) is 1. The second kappa shape index (κ2) is 5.73. The maximum Gasteiger partial charge on any atom is 0.240 e. The van der Waals surface area contributed by atoms with E-state index in [1.54, 1.807) is 11.3 Å². The van der Waals surface area contributed by atoms with Crippen LogP contribution >= 0.6 is 11.3 Å². The van der Waals surface area contributed by atoms with Gasteiger partial charge in [-0.1, -0.05) is 0 Å². The number of rotatable bonds is 4. The Balaban J connectivity index is 1.71. The molecule has 0 unspecified atom stereocenters. The highest BCUT2D eigenvalue weighted by atomic mass is 32.1. The minimum absolute atomic E-state index is 0.0681. The van der Waals surface area contributed by atoms with Gasteiger partial charge in [0.15, 0.2) is 0 Å². The predicted molar refractivity (Wildman–Crippen MR) is 86.4 cm³/mol. The lowest BCUT2D eigenvalue weighted by Crippen LogP contribution is -2.41. The number of nitrogens with one attached hydrogen (secondary N) is 1. The van der Waals surface area contributed by atoms with E-state index in [0.29, 0.717) is 0 Å². The standard InChI is InChI=1S/C16H21N3OS/c1-10(2)19-6-4-14(16(19)20)18-11(3)12-8-15-13(17-9-12)5-7-21-15/h5,7-11,14,18H,4,6H2,1-3H3/t11-,14-/m1/s1. The van der Waals surface area contributed by atoms with Gasteiger partial charge in [-0.05, 0) is 50.3 Å². The number of nitrogens with zero attached hydrogens (tertiary/aromatic N) is 2. The lowest BCUT2D eigenvalue weighted by atomic mass is 10.1. The van der Waals surface area contributed by atoms with Crippen molar-refractivity contribution >= 4 is 27.5 Å². The Morgan fingerprint density at radius 2 is 2.24 bits per heavy atom. The van der Waals surface area contributed by atoms with Crippen LogP contribution in [0.5, 0.6) is 0 Å². The molecule has 1 aliphatic heterocycles. The summed E-state index contributed by atoms with van der Waals surface area (Å²) in [7, 11) is 0. The fraction of sp³-hybridized carbons (Fsp3) is 0.500. The van der Waals surface area contributed by atoms with Crippen molar-refractivity contribution in [2.75, 3.05) is 6.54 Å². The van der Waals surface area contributed by atoms with Crippen LogP contribution in [0.4, 0.5) is 0 Å². The van der Waals surface area contributed by atoms with E-state index < -0.39 is 0 Å². The number of hydrogen-bond acceptors (Lipinski definition) is 4. The third-order valence-corrected chi connectivity index (χ3v) is 4.99. The molecule has 1 fully saturated rings. The fourth-order valence-corrected chi connectivity index (χ4v) is 3.65. The number of thiophene rings is 1. The average molecular weight is 303 g/mol. The van der Waals surface area contributed by atoms with Crippen LogP contribution in [0, 0.1) is 0 Å².